The first kappa shape index (κ1) is 15.5. The summed E-state index contributed by atoms with van der Waals surface area (Å²) in [5.41, 5.74) is 0. The quantitative estimate of drug-likeness (QED) is 0.855. The normalized spacial score (nSPS) is 21.1. The van der Waals surface area contributed by atoms with Crippen LogP contribution < -0.4 is 4.74 Å². The third-order valence-corrected chi connectivity index (χ3v) is 5.85. The number of hydrogen-bond donors (Lipinski definition) is 0. The number of piperidine rings is 1. The Morgan fingerprint density at radius 3 is 2.90 bits per heavy atom. The number of pyridine rings is 1. The summed E-state index contributed by atoms with van der Waals surface area (Å²) in [7, 11) is -3.23. The van der Waals surface area contributed by atoms with Gasteiger partial charge in [-0.05, 0) is 26.7 Å². The van der Waals surface area contributed by atoms with Crippen molar-refractivity contribution in [2.45, 2.75) is 38.0 Å². The van der Waals surface area contributed by atoms with Crippen molar-refractivity contribution >= 4 is 21.6 Å². The summed E-state index contributed by atoms with van der Waals surface area (Å²) < 4.78 is 31.7. The van der Waals surface area contributed by atoms with Gasteiger partial charge in [0.15, 0.2) is 0 Å². The van der Waals surface area contributed by atoms with E-state index in [1.165, 1.54) is 10.5 Å². The molecule has 0 radical (unpaired) electrons. The number of aromatic nitrogens is 1. The number of ether oxygens (including phenoxy) is 1. The van der Waals surface area contributed by atoms with Crippen molar-refractivity contribution in [1.29, 1.82) is 0 Å². The third-order valence-electron chi connectivity index (χ3n) is 3.33. The number of nitrogens with zero attached hydrogens (tertiary/aromatic N) is 2. The molecule has 1 aromatic heterocycles. The van der Waals surface area contributed by atoms with Crippen LogP contribution in [0.15, 0.2) is 18.5 Å². The van der Waals surface area contributed by atoms with Crippen LogP contribution in [0.4, 0.5) is 0 Å². The van der Waals surface area contributed by atoms with Gasteiger partial charge in [-0.1, -0.05) is 11.6 Å². The summed E-state index contributed by atoms with van der Waals surface area (Å²) in [6, 6.07) is 1.69. The predicted octanol–water partition coefficient (Wildman–Crippen LogP) is 2.32. The van der Waals surface area contributed by atoms with E-state index in [9.17, 15) is 8.42 Å². The van der Waals surface area contributed by atoms with Gasteiger partial charge in [-0.15, -0.1) is 0 Å². The summed E-state index contributed by atoms with van der Waals surface area (Å²) in [4.78, 5) is 3.90. The molecule has 2 heterocycles. The monoisotopic (exact) mass is 318 g/mol. The molecule has 1 atom stereocenters. The van der Waals surface area contributed by atoms with E-state index in [2.05, 4.69) is 4.98 Å². The smallest absolute Gasteiger partial charge is 0.216 e. The van der Waals surface area contributed by atoms with Crippen molar-refractivity contribution in [2.75, 3.05) is 13.1 Å². The van der Waals surface area contributed by atoms with E-state index in [1.807, 2.05) is 0 Å². The summed E-state index contributed by atoms with van der Waals surface area (Å²) in [6.07, 6.45) is 4.56. The van der Waals surface area contributed by atoms with Crippen molar-refractivity contribution in [3.8, 4) is 5.75 Å². The molecule has 0 bridgehead atoms. The van der Waals surface area contributed by atoms with Gasteiger partial charge >= 0.3 is 0 Å². The van der Waals surface area contributed by atoms with Crippen molar-refractivity contribution in [1.82, 2.24) is 9.29 Å². The Morgan fingerprint density at radius 1 is 1.50 bits per heavy atom. The molecule has 0 aromatic carbocycles. The molecule has 1 unspecified atom stereocenters. The molecule has 0 spiro atoms. The largest absolute Gasteiger partial charge is 0.487 e. The molecule has 7 heteroatoms. The van der Waals surface area contributed by atoms with Gasteiger partial charge in [-0.2, -0.15) is 4.31 Å². The van der Waals surface area contributed by atoms with Gasteiger partial charge in [0, 0.05) is 25.0 Å². The van der Waals surface area contributed by atoms with Crippen molar-refractivity contribution < 1.29 is 13.2 Å². The molecule has 0 N–H and O–H groups in total. The van der Waals surface area contributed by atoms with E-state index in [1.54, 1.807) is 26.1 Å². The minimum absolute atomic E-state index is 0.169. The second-order valence-electron chi connectivity index (χ2n) is 5.14. The maximum Gasteiger partial charge on any atom is 0.216 e. The highest BCUT2D eigenvalue weighted by atomic mass is 35.5. The Morgan fingerprint density at radius 2 is 2.25 bits per heavy atom. The fraction of sp³-hybridized carbons (Fsp3) is 0.615. The van der Waals surface area contributed by atoms with Gasteiger partial charge in [0.05, 0.1) is 11.8 Å². The molecule has 1 aliphatic rings. The first-order valence-corrected chi connectivity index (χ1v) is 8.54. The molecule has 2 rings (SSSR count). The highest BCUT2D eigenvalue weighted by molar-refractivity contribution is 7.89. The van der Waals surface area contributed by atoms with Gasteiger partial charge in [0.1, 0.15) is 16.9 Å². The van der Waals surface area contributed by atoms with Gasteiger partial charge in [-0.3, -0.25) is 4.98 Å². The topological polar surface area (TPSA) is 59.5 Å². The Hall–Kier alpha value is -0.850. The van der Waals surface area contributed by atoms with Gasteiger partial charge < -0.3 is 4.74 Å². The SMILES string of the molecule is CC(C)S(=O)(=O)N1CCCC(Oc2ccncc2Cl)C1. The maximum atomic E-state index is 12.2. The molecule has 5 nitrogen and oxygen atoms in total. The van der Waals surface area contributed by atoms with Gasteiger partial charge in [-0.25, -0.2) is 8.42 Å². The third kappa shape index (κ3) is 3.42. The van der Waals surface area contributed by atoms with Crippen LogP contribution >= 0.6 is 11.6 Å². The van der Waals surface area contributed by atoms with E-state index in [-0.39, 0.29) is 6.10 Å². The molecule has 20 heavy (non-hydrogen) atoms. The summed E-state index contributed by atoms with van der Waals surface area (Å²) in [6.45, 7) is 4.32. The molecule has 0 aliphatic carbocycles. The fourth-order valence-electron chi connectivity index (χ4n) is 2.17. The van der Waals surface area contributed by atoms with Crippen LogP contribution in [0.5, 0.6) is 5.75 Å². The van der Waals surface area contributed by atoms with Crippen LogP contribution in [0, 0.1) is 0 Å². The van der Waals surface area contributed by atoms with Crippen LogP contribution in [0.1, 0.15) is 26.7 Å². The highest BCUT2D eigenvalue weighted by Crippen LogP contribution is 2.26. The van der Waals surface area contributed by atoms with E-state index in [4.69, 9.17) is 16.3 Å². The number of sulfonamides is 1. The Labute approximate surface area is 125 Å². The summed E-state index contributed by atoms with van der Waals surface area (Å²) >= 11 is 6.00. The van der Waals surface area contributed by atoms with Crippen LogP contribution in [0.3, 0.4) is 0 Å². The Bertz CT molecular complexity index is 562. The predicted molar refractivity (Wildman–Crippen MR) is 78.5 cm³/mol. The van der Waals surface area contributed by atoms with Crippen LogP contribution in [0.25, 0.3) is 0 Å². The summed E-state index contributed by atoms with van der Waals surface area (Å²) in [5.74, 6) is 0.551. The average molecular weight is 319 g/mol. The summed E-state index contributed by atoms with van der Waals surface area (Å²) in [5, 5.41) is 0.0297. The number of rotatable bonds is 4. The Balaban J connectivity index is 2.07. The standard InChI is InChI=1S/C13H19ClN2O3S/c1-10(2)20(17,18)16-7-3-4-11(9-16)19-13-5-6-15-8-12(13)14/h5-6,8,10-11H,3-4,7,9H2,1-2H3. The number of halogens is 1. The molecule has 0 amide bonds. The lowest BCUT2D eigenvalue weighted by Gasteiger charge is -2.33. The second-order valence-corrected chi connectivity index (χ2v) is 8.04. The molecule has 1 aliphatic heterocycles. The van der Waals surface area contributed by atoms with E-state index in [0.717, 1.165) is 12.8 Å². The zero-order valence-corrected chi connectivity index (χ0v) is 13.2. The zero-order chi connectivity index (χ0) is 14.8. The van der Waals surface area contributed by atoms with Crippen molar-refractivity contribution in [3.63, 3.8) is 0 Å². The van der Waals surface area contributed by atoms with E-state index < -0.39 is 15.3 Å². The lowest BCUT2D eigenvalue weighted by atomic mass is 10.1. The average Bonchev–Trinajstić information content (AvgIpc) is 2.41. The maximum absolute atomic E-state index is 12.2. The van der Waals surface area contributed by atoms with Crippen LogP contribution in [-0.2, 0) is 10.0 Å². The van der Waals surface area contributed by atoms with Crippen molar-refractivity contribution in [3.05, 3.63) is 23.5 Å². The van der Waals surface area contributed by atoms with Crippen LogP contribution in [-0.4, -0.2) is 42.2 Å². The molecule has 1 fully saturated rings. The molecule has 0 saturated carbocycles. The van der Waals surface area contributed by atoms with Gasteiger partial charge in [0.2, 0.25) is 10.0 Å². The minimum Gasteiger partial charge on any atom is -0.487 e. The van der Waals surface area contributed by atoms with Crippen molar-refractivity contribution in [2.24, 2.45) is 0 Å². The fourth-order valence-corrected chi connectivity index (χ4v) is 3.69. The second kappa shape index (κ2) is 6.28. The van der Waals surface area contributed by atoms with Gasteiger partial charge in [0.25, 0.3) is 0 Å². The minimum atomic E-state index is -3.23. The highest BCUT2D eigenvalue weighted by Gasteiger charge is 2.32. The molecule has 112 valence electrons. The molecule has 1 aromatic rings. The molecule has 1 saturated heterocycles. The lowest BCUT2D eigenvalue weighted by molar-refractivity contribution is 0.129. The molecular formula is C13H19ClN2O3S. The van der Waals surface area contributed by atoms with Crippen LogP contribution in [0.2, 0.25) is 5.02 Å². The Kier molecular flexibility index (Phi) is 4.88. The first-order valence-electron chi connectivity index (χ1n) is 6.66. The first-order chi connectivity index (χ1) is 9.41. The number of hydrogen-bond acceptors (Lipinski definition) is 4. The van der Waals surface area contributed by atoms with E-state index >= 15 is 0 Å². The lowest BCUT2D eigenvalue weighted by Crippen LogP contribution is -2.46. The zero-order valence-electron chi connectivity index (χ0n) is 11.6. The van der Waals surface area contributed by atoms with E-state index in [0.29, 0.717) is 23.9 Å². The molecular weight excluding hydrogens is 300 g/mol.